The number of thiazole rings is 1. The molecule has 3 aromatic rings. The van der Waals surface area contributed by atoms with Gasteiger partial charge in [-0.15, -0.1) is 0 Å². The van der Waals surface area contributed by atoms with Gasteiger partial charge in [0.2, 0.25) is 0 Å². The van der Waals surface area contributed by atoms with Gasteiger partial charge in [-0.05, 0) is 92.7 Å². The Morgan fingerprint density at radius 1 is 1.17 bits per heavy atom. The van der Waals surface area contributed by atoms with E-state index in [-0.39, 0.29) is 11.2 Å². The number of hydrogen-bond acceptors (Lipinski definition) is 6. The molecule has 4 heterocycles. The molecule has 1 N–H and O–H groups in total. The van der Waals surface area contributed by atoms with Crippen molar-refractivity contribution in [1.29, 1.82) is 0 Å². The van der Waals surface area contributed by atoms with Crippen molar-refractivity contribution in [3.05, 3.63) is 64.0 Å². The molecule has 1 saturated heterocycles. The van der Waals surface area contributed by atoms with Gasteiger partial charge in [-0.2, -0.15) is 0 Å². The van der Waals surface area contributed by atoms with E-state index in [1.165, 1.54) is 40.7 Å². The fourth-order valence-corrected chi connectivity index (χ4v) is 7.37. The normalized spacial score (nSPS) is 21.5. The van der Waals surface area contributed by atoms with Crippen LogP contribution in [0.2, 0.25) is 0 Å². The standard InChI is InChI=1S/C29H31FN4OS/c1-16-10-21(30)25-22(11-16)36-28(32-25)34-8-6-29(7-9-34)12-20(13-29)24-26(33-35-27(24)19-4-5-19)23-17(2)14-31-15-18(23)3/h10-12,14,19,31H,4-9,13,15H2,1-3H3. The van der Waals surface area contributed by atoms with Crippen LogP contribution in [0.15, 0.2) is 40.1 Å². The molecule has 0 bridgehead atoms. The van der Waals surface area contributed by atoms with Crippen molar-refractivity contribution in [3.63, 3.8) is 0 Å². The highest BCUT2D eigenvalue weighted by Crippen LogP contribution is 2.55. The molecule has 1 saturated carbocycles. The van der Waals surface area contributed by atoms with E-state index in [1.54, 1.807) is 17.4 Å². The number of dihydropyridines is 1. The highest BCUT2D eigenvalue weighted by molar-refractivity contribution is 7.22. The number of aromatic nitrogens is 2. The fourth-order valence-electron chi connectivity index (χ4n) is 6.24. The highest BCUT2D eigenvalue weighted by Gasteiger charge is 2.44. The first-order chi connectivity index (χ1) is 17.4. The molecule has 7 rings (SSSR count). The minimum Gasteiger partial charge on any atom is -0.387 e. The van der Waals surface area contributed by atoms with Gasteiger partial charge in [0.1, 0.15) is 17.0 Å². The predicted octanol–water partition coefficient (Wildman–Crippen LogP) is 6.96. The number of aryl methyl sites for hydroxylation is 1. The average Bonchev–Trinajstić information content (AvgIpc) is 3.44. The number of halogens is 1. The third-order valence-electron chi connectivity index (χ3n) is 8.37. The molecule has 5 nitrogen and oxygen atoms in total. The monoisotopic (exact) mass is 502 g/mol. The molecule has 7 heteroatoms. The lowest BCUT2D eigenvalue weighted by Gasteiger charge is -2.46. The van der Waals surface area contributed by atoms with Crippen molar-refractivity contribution < 1.29 is 8.91 Å². The van der Waals surface area contributed by atoms with Crippen molar-refractivity contribution in [3.8, 4) is 0 Å². The van der Waals surface area contributed by atoms with Crippen LogP contribution in [0.1, 0.15) is 74.5 Å². The summed E-state index contributed by atoms with van der Waals surface area (Å²) in [6.45, 7) is 9.04. The van der Waals surface area contributed by atoms with Gasteiger partial charge < -0.3 is 14.7 Å². The summed E-state index contributed by atoms with van der Waals surface area (Å²) in [5.74, 6) is 1.41. The molecule has 0 atom stereocenters. The zero-order valence-electron chi connectivity index (χ0n) is 21.1. The molecule has 1 spiro atoms. The second-order valence-corrected chi connectivity index (χ2v) is 12.2. The minimum atomic E-state index is -0.215. The Morgan fingerprint density at radius 3 is 2.67 bits per heavy atom. The van der Waals surface area contributed by atoms with Crippen LogP contribution in [0.3, 0.4) is 0 Å². The van der Waals surface area contributed by atoms with E-state index in [9.17, 15) is 4.39 Å². The number of allylic oxidation sites excluding steroid dienone is 4. The van der Waals surface area contributed by atoms with E-state index < -0.39 is 0 Å². The third kappa shape index (κ3) is 3.54. The van der Waals surface area contributed by atoms with Gasteiger partial charge in [0, 0.05) is 42.9 Å². The molecule has 2 aromatic heterocycles. The Labute approximate surface area is 214 Å². The number of hydrogen-bond donors (Lipinski definition) is 1. The summed E-state index contributed by atoms with van der Waals surface area (Å²) in [5, 5.41) is 8.94. The first kappa shape index (κ1) is 22.3. The second-order valence-electron chi connectivity index (χ2n) is 11.2. The van der Waals surface area contributed by atoms with Gasteiger partial charge >= 0.3 is 0 Å². The van der Waals surface area contributed by atoms with Gasteiger partial charge in [0.15, 0.2) is 10.9 Å². The largest absolute Gasteiger partial charge is 0.387 e. The minimum absolute atomic E-state index is 0.215. The first-order valence-corrected chi connectivity index (χ1v) is 13.9. The van der Waals surface area contributed by atoms with Gasteiger partial charge in [-0.25, -0.2) is 9.37 Å². The number of benzene rings is 1. The lowest BCUT2D eigenvalue weighted by atomic mass is 9.63. The number of rotatable bonds is 4. The van der Waals surface area contributed by atoms with E-state index in [1.807, 2.05) is 13.0 Å². The lowest BCUT2D eigenvalue weighted by molar-refractivity contribution is 0.277. The summed E-state index contributed by atoms with van der Waals surface area (Å²) in [4.78, 5) is 7.00. The van der Waals surface area contributed by atoms with Crippen LogP contribution in [0, 0.1) is 18.2 Å². The van der Waals surface area contributed by atoms with Crippen LogP contribution in [0.4, 0.5) is 9.52 Å². The van der Waals surface area contributed by atoms with Gasteiger partial charge in [0.05, 0.1) is 4.70 Å². The first-order valence-electron chi connectivity index (χ1n) is 13.0. The topological polar surface area (TPSA) is 54.2 Å². The van der Waals surface area contributed by atoms with Crippen LogP contribution in [0.25, 0.3) is 21.4 Å². The smallest absolute Gasteiger partial charge is 0.186 e. The maximum atomic E-state index is 14.4. The Kier molecular flexibility index (Phi) is 4.97. The fraction of sp³-hybridized carbons (Fsp3) is 0.448. The quantitative estimate of drug-likeness (QED) is 0.418. The number of fused-ring (bicyclic) bond motifs is 1. The maximum Gasteiger partial charge on any atom is 0.186 e. The van der Waals surface area contributed by atoms with E-state index in [0.717, 1.165) is 65.7 Å². The Morgan fingerprint density at radius 2 is 1.94 bits per heavy atom. The Balaban J connectivity index is 1.15. The Bertz CT molecular complexity index is 1480. The molecular weight excluding hydrogens is 471 g/mol. The number of anilines is 1. The third-order valence-corrected chi connectivity index (χ3v) is 9.43. The van der Waals surface area contributed by atoms with E-state index in [0.29, 0.717) is 11.4 Å². The Hall–Kier alpha value is -2.93. The van der Waals surface area contributed by atoms with Crippen molar-refractivity contribution in [2.45, 2.75) is 58.8 Å². The lowest BCUT2D eigenvalue weighted by Crippen LogP contribution is -2.42. The molecule has 186 valence electrons. The molecule has 0 unspecified atom stereocenters. The summed E-state index contributed by atoms with van der Waals surface area (Å²) < 4.78 is 21.3. The molecule has 2 aliphatic heterocycles. The zero-order valence-corrected chi connectivity index (χ0v) is 21.9. The van der Waals surface area contributed by atoms with Crippen molar-refractivity contribution in [2.24, 2.45) is 5.41 Å². The van der Waals surface area contributed by atoms with Gasteiger partial charge in [-0.1, -0.05) is 22.6 Å². The van der Waals surface area contributed by atoms with E-state index in [2.05, 4.69) is 46.5 Å². The molecule has 1 aromatic carbocycles. The van der Waals surface area contributed by atoms with Crippen LogP contribution < -0.4 is 10.2 Å². The van der Waals surface area contributed by atoms with Gasteiger partial charge in [0.25, 0.3) is 0 Å². The van der Waals surface area contributed by atoms with E-state index >= 15 is 0 Å². The SMILES string of the molecule is CC1=CNCC(C)=C1c1noc(C2CC2)c1C1=CC2(CCN(c3nc4c(F)cc(C)cc4s3)CC2)C1. The van der Waals surface area contributed by atoms with Crippen LogP contribution in [-0.2, 0) is 0 Å². The molecule has 36 heavy (non-hydrogen) atoms. The second kappa shape index (κ2) is 8.04. The van der Waals surface area contributed by atoms with Crippen LogP contribution in [0.5, 0.6) is 0 Å². The number of piperidine rings is 1. The number of nitrogens with one attached hydrogen (secondary N) is 1. The molecular formula is C29H31FN4OS. The predicted molar refractivity (Wildman–Crippen MR) is 144 cm³/mol. The van der Waals surface area contributed by atoms with Gasteiger partial charge in [-0.3, -0.25) is 0 Å². The summed E-state index contributed by atoms with van der Waals surface area (Å²) in [6.07, 6.45) is 10.3. The molecule has 0 radical (unpaired) electrons. The molecule has 4 aliphatic rings. The summed E-state index contributed by atoms with van der Waals surface area (Å²) in [5.41, 5.74) is 9.19. The average molecular weight is 503 g/mol. The summed E-state index contributed by atoms with van der Waals surface area (Å²) in [6, 6.07) is 3.61. The molecule has 2 aliphatic carbocycles. The highest BCUT2D eigenvalue weighted by atomic mass is 32.1. The van der Waals surface area contributed by atoms with Crippen LogP contribution in [-0.4, -0.2) is 29.8 Å². The van der Waals surface area contributed by atoms with Crippen LogP contribution >= 0.6 is 11.3 Å². The molecule has 0 amide bonds. The zero-order chi connectivity index (χ0) is 24.6. The maximum absolute atomic E-state index is 14.4. The van der Waals surface area contributed by atoms with Crippen molar-refractivity contribution in [2.75, 3.05) is 24.5 Å². The summed E-state index contributed by atoms with van der Waals surface area (Å²) >= 11 is 1.61. The number of nitrogens with zero attached hydrogens (tertiary/aromatic N) is 3. The van der Waals surface area contributed by atoms with Crippen molar-refractivity contribution >= 4 is 37.8 Å². The van der Waals surface area contributed by atoms with E-state index in [4.69, 9.17) is 4.52 Å². The van der Waals surface area contributed by atoms with Crippen molar-refractivity contribution in [1.82, 2.24) is 15.5 Å². The summed E-state index contributed by atoms with van der Waals surface area (Å²) in [7, 11) is 0. The molecule has 2 fully saturated rings.